The second-order valence-corrected chi connectivity index (χ2v) is 6.42. The standard InChI is InChI=1S/C20H16N2O2S/c21-20(24)16-8-4-5-9-17(16)22-19(23)13-11-15-10-12-18(25-15)14-6-2-1-3-7-14/h1-13H,(H2,21,24)(H,22,23)/b13-11+. The lowest BCUT2D eigenvalue weighted by molar-refractivity contribution is -0.111. The number of hydrogen-bond acceptors (Lipinski definition) is 3. The van der Waals surface area contributed by atoms with E-state index in [4.69, 9.17) is 5.73 Å². The summed E-state index contributed by atoms with van der Waals surface area (Å²) in [4.78, 5) is 25.6. The van der Waals surface area contributed by atoms with Crippen LogP contribution in [0.4, 0.5) is 5.69 Å². The molecule has 0 aliphatic rings. The summed E-state index contributed by atoms with van der Waals surface area (Å²) in [5.74, 6) is -0.894. The predicted octanol–water partition coefficient (Wildman–Crippen LogP) is 4.17. The fourth-order valence-corrected chi connectivity index (χ4v) is 3.26. The molecule has 0 atom stereocenters. The van der Waals surface area contributed by atoms with E-state index in [1.165, 1.54) is 6.08 Å². The summed E-state index contributed by atoms with van der Waals surface area (Å²) in [6.07, 6.45) is 3.19. The zero-order chi connectivity index (χ0) is 17.6. The molecule has 3 N–H and O–H groups in total. The van der Waals surface area contributed by atoms with Crippen LogP contribution in [0.15, 0.2) is 72.8 Å². The van der Waals surface area contributed by atoms with Crippen LogP contribution in [0.25, 0.3) is 16.5 Å². The monoisotopic (exact) mass is 348 g/mol. The van der Waals surface area contributed by atoms with Crippen molar-refractivity contribution in [1.29, 1.82) is 0 Å². The van der Waals surface area contributed by atoms with Gasteiger partial charge < -0.3 is 11.1 Å². The number of nitrogens with two attached hydrogens (primary N) is 1. The number of thiophene rings is 1. The summed E-state index contributed by atoms with van der Waals surface area (Å²) in [5, 5.41) is 2.68. The molecule has 2 aromatic carbocycles. The first-order valence-corrected chi connectivity index (χ1v) is 8.48. The molecular weight excluding hydrogens is 332 g/mol. The predicted molar refractivity (Wildman–Crippen MR) is 102 cm³/mol. The largest absolute Gasteiger partial charge is 0.366 e. The fourth-order valence-electron chi connectivity index (χ4n) is 2.34. The molecule has 0 spiro atoms. The van der Waals surface area contributed by atoms with Crippen LogP contribution in [0.2, 0.25) is 0 Å². The molecule has 0 aliphatic carbocycles. The van der Waals surface area contributed by atoms with Crippen molar-refractivity contribution in [2.45, 2.75) is 0 Å². The molecule has 124 valence electrons. The smallest absolute Gasteiger partial charge is 0.250 e. The number of carbonyl (C=O) groups excluding carboxylic acids is 2. The highest BCUT2D eigenvalue weighted by Crippen LogP contribution is 2.28. The average molecular weight is 348 g/mol. The summed E-state index contributed by atoms with van der Waals surface area (Å²) in [7, 11) is 0. The molecule has 5 heteroatoms. The number of anilines is 1. The number of hydrogen-bond donors (Lipinski definition) is 2. The second kappa shape index (κ2) is 7.59. The second-order valence-electron chi connectivity index (χ2n) is 5.30. The van der Waals surface area contributed by atoms with Crippen molar-refractivity contribution in [2.75, 3.05) is 5.32 Å². The van der Waals surface area contributed by atoms with Crippen molar-refractivity contribution in [1.82, 2.24) is 0 Å². The molecule has 0 saturated carbocycles. The Labute approximate surface area is 149 Å². The average Bonchev–Trinajstić information content (AvgIpc) is 3.10. The molecule has 3 rings (SSSR count). The molecule has 1 heterocycles. The zero-order valence-corrected chi connectivity index (χ0v) is 14.1. The van der Waals surface area contributed by atoms with Gasteiger partial charge in [-0.1, -0.05) is 42.5 Å². The van der Waals surface area contributed by atoms with Gasteiger partial charge in [0.2, 0.25) is 5.91 Å². The molecule has 0 saturated heterocycles. The van der Waals surface area contributed by atoms with Gasteiger partial charge in [0.25, 0.3) is 5.91 Å². The lowest BCUT2D eigenvalue weighted by Gasteiger charge is -2.06. The molecule has 0 aliphatic heterocycles. The highest BCUT2D eigenvalue weighted by atomic mass is 32.1. The van der Waals surface area contributed by atoms with E-state index in [-0.39, 0.29) is 11.5 Å². The maximum Gasteiger partial charge on any atom is 0.250 e. The Morgan fingerprint density at radius 2 is 1.64 bits per heavy atom. The number of benzene rings is 2. The molecule has 0 fully saturated rings. The van der Waals surface area contributed by atoms with E-state index in [1.54, 1.807) is 41.7 Å². The van der Waals surface area contributed by atoms with Gasteiger partial charge in [0.1, 0.15) is 0 Å². The molecule has 0 radical (unpaired) electrons. The Morgan fingerprint density at radius 3 is 2.40 bits per heavy atom. The normalized spacial score (nSPS) is 10.7. The lowest BCUT2D eigenvalue weighted by Crippen LogP contribution is -2.16. The van der Waals surface area contributed by atoms with E-state index in [0.29, 0.717) is 5.69 Å². The summed E-state index contributed by atoms with van der Waals surface area (Å²) in [6.45, 7) is 0. The maximum atomic E-state index is 12.1. The van der Waals surface area contributed by atoms with Crippen molar-refractivity contribution in [3.05, 3.63) is 83.2 Å². The van der Waals surface area contributed by atoms with Crippen LogP contribution in [-0.4, -0.2) is 11.8 Å². The third kappa shape index (κ3) is 4.22. The number of rotatable bonds is 5. The quantitative estimate of drug-likeness (QED) is 0.679. The number of para-hydroxylation sites is 1. The molecule has 0 bridgehead atoms. The van der Waals surface area contributed by atoms with Crippen molar-refractivity contribution in [2.24, 2.45) is 5.73 Å². The van der Waals surface area contributed by atoms with Gasteiger partial charge >= 0.3 is 0 Å². The minimum atomic E-state index is -0.578. The van der Waals surface area contributed by atoms with Gasteiger partial charge in [-0.2, -0.15) is 0 Å². The topological polar surface area (TPSA) is 72.2 Å². The summed E-state index contributed by atoms with van der Waals surface area (Å²) >= 11 is 1.60. The van der Waals surface area contributed by atoms with Gasteiger partial charge in [0.05, 0.1) is 11.3 Å². The van der Waals surface area contributed by atoms with Crippen LogP contribution in [0.3, 0.4) is 0 Å². The minimum absolute atomic E-state index is 0.284. The molecule has 0 unspecified atom stereocenters. The van der Waals surface area contributed by atoms with Gasteiger partial charge in [-0.15, -0.1) is 11.3 Å². The molecule has 3 aromatic rings. The van der Waals surface area contributed by atoms with Crippen LogP contribution >= 0.6 is 11.3 Å². The van der Waals surface area contributed by atoms with Crippen LogP contribution in [0.5, 0.6) is 0 Å². The SMILES string of the molecule is NC(=O)c1ccccc1NC(=O)/C=C/c1ccc(-c2ccccc2)s1. The number of primary amides is 1. The summed E-state index contributed by atoms with van der Waals surface area (Å²) in [5.41, 5.74) is 7.14. The van der Waals surface area contributed by atoms with Crippen molar-refractivity contribution < 1.29 is 9.59 Å². The van der Waals surface area contributed by atoms with E-state index >= 15 is 0 Å². The lowest BCUT2D eigenvalue weighted by atomic mass is 10.1. The van der Waals surface area contributed by atoms with Gasteiger partial charge in [0, 0.05) is 15.8 Å². The minimum Gasteiger partial charge on any atom is -0.366 e. The third-order valence-corrected chi connectivity index (χ3v) is 4.63. The first-order chi connectivity index (χ1) is 12.1. The Kier molecular flexibility index (Phi) is 5.06. The molecule has 1 aromatic heterocycles. The van der Waals surface area contributed by atoms with Crippen molar-refractivity contribution in [3.8, 4) is 10.4 Å². The van der Waals surface area contributed by atoms with Gasteiger partial charge in [-0.05, 0) is 35.9 Å². The first-order valence-electron chi connectivity index (χ1n) is 7.66. The van der Waals surface area contributed by atoms with E-state index in [2.05, 4.69) is 5.32 Å². The Morgan fingerprint density at radius 1 is 0.920 bits per heavy atom. The zero-order valence-electron chi connectivity index (χ0n) is 13.3. The van der Waals surface area contributed by atoms with Crippen LogP contribution in [0, 0.1) is 0 Å². The van der Waals surface area contributed by atoms with Gasteiger partial charge in [-0.25, -0.2) is 0 Å². The summed E-state index contributed by atoms with van der Waals surface area (Å²) in [6, 6.07) is 20.7. The van der Waals surface area contributed by atoms with Crippen LogP contribution in [0.1, 0.15) is 15.2 Å². The van der Waals surface area contributed by atoms with Crippen molar-refractivity contribution >= 4 is 34.9 Å². The summed E-state index contributed by atoms with van der Waals surface area (Å²) < 4.78 is 0. The molecule has 25 heavy (non-hydrogen) atoms. The van der Waals surface area contributed by atoms with E-state index in [0.717, 1.165) is 15.3 Å². The van der Waals surface area contributed by atoms with Crippen LogP contribution < -0.4 is 11.1 Å². The highest BCUT2D eigenvalue weighted by molar-refractivity contribution is 7.16. The maximum absolute atomic E-state index is 12.1. The number of carbonyl (C=O) groups is 2. The molecular formula is C20H16N2O2S. The highest BCUT2D eigenvalue weighted by Gasteiger charge is 2.08. The fraction of sp³-hybridized carbons (Fsp3) is 0. The van der Waals surface area contributed by atoms with E-state index < -0.39 is 5.91 Å². The molecule has 4 nitrogen and oxygen atoms in total. The van der Waals surface area contributed by atoms with Gasteiger partial charge in [0.15, 0.2) is 0 Å². The van der Waals surface area contributed by atoms with Crippen LogP contribution in [-0.2, 0) is 4.79 Å². The number of amides is 2. The van der Waals surface area contributed by atoms with Crippen molar-refractivity contribution in [3.63, 3.8) is 0 Å². The Bertz CT molecular complexity index is 930. The van der Waals surface area contributed by atoms with E-state index in [1.807, 2.05) is 42.5 Å². The Hall–Kier alpha value is -3.18. The Balaban J connectivity index is 1.70. The number of nitrogens with one attached hydrogen (secondary N) is 1. The van der Waals surface area contributed by atoms with Gasteiger partial charge in [-0.3, -0.25) is 9.59 Å². The molecule has 2 amide bonds. The van der Waals surface area contributed by atoms with E-state index in [9.17, 15) is 9.59 Å². The first kappa shape index (κ1) is 16.7. The third-order valence-electron chi connectivity index (χ3n) is 3.53.